The molecule has 0 bridgehead atoms. The van der Waals surface area contributed by atoms with Crippen molar-refractivity contribution < 1.29 is 9.47 Å². The molecule has 1 aliphatic rings. The number of rotatable bonds is 9. The van der Waals surface area contributed by atoms with Gasteiger partial charge in [0.2, 0.25) is 0 Å². The average molecular weight is 319 g/mol. The molecule has 1 saturated carbocycles. The van der Waals surface area contributed by atoms with Gasteiger partial charge in [-0.3, -0.25) is 4.99 Å². The molecule has 0 spiro atoms. The van der Waals surface area contributed by atoms with Crippen LogP contribution in [-0.4, -0.2) is 39.8 Å². The Morgan fingerprint density at radius 3 is 2.61 bits per heavy atom. The van der Waals surface area contributed by atoms with Gasteiger partial charge < -0.3 is 20.1 Å². The summed E-state index contributed by atoms with van der Waals surface area (Å²) >= 11 is 0. The van der Waals surface area contributed by atoms with Gasteiger partial charge in [0.1, 0.15) is 0 Å². The summed E-state index contributed by atoms with van der Waals surface area (Å²) in [4.78, 5) is 4.63. The molecule has 0 heterocycles. The van der Waals surface area contributed by atoms with E-state index < -0.39 is 0 Å². The maximum Gasteiger partial charge on any atom is 0.191 e. The third kappa shape index (κ3) is 6.00. The molecule has 2 N–H and O–H groups in total. The number of nitrogens with one attached hydrogen (secondary N) is 2. The van der Waals surface area contributed by atoms with Crippen LogP contribution in [0.2, 0.25) is 0 Å². The molecule has 1 aromatic carbocycles. The van der Waals surface area contributed by atoms with E-state index in [2.05, 4.69) is 28.6 Å². The molecule has 0 aromatic heterocycles. The fourth-order valence-corrected chi connectivity index (χ4v) is 2.40. The number of hydrogen-bond acceptors (Lipinski definition) is 3. The maximum absolute atomic E-state index is 5.34. The second-order valence-corrected chi connectivity index (χ2v) is 5.88. The van der Waals surface area contributed by atoms with Crippen LogP contribution in [0.15, 0.2) is 23.2 Å². The number of methoxy groups -OCH3 is 2. The lowest BCUT2D eigenvalue weighted by Crippen LogP contribution is -2.38. The number of aryl methyl sites for hydroxylation is 1. The topological polar surface area (TPSA) is 54.9 Å². The zero-order chi connectivity index (χ0) is 16.5. The van der Waals surface area contributed by atoms with E-state index in [4.69, 9.17) is 9.47 Å². The van der Waals surface area contributed by atoms with Gasteiger partial charge in [0.15, 0.2) is 17.5 Å². The molecular weight excluding hydrogens is 290 g/mol. The Labute approximate surface area is 139 Å². The first-order valence-corrected chi connectivity index (χ1v) is 8.50. The second kappa shape index (κ2) is 9.28. The highest BCUT2D eigenvalue weighted by atomic mass is 16.5. The highest BCUT2D eigenvalue weighted by Gasteiger charge is 2.20. The first-order chi connectivity index (χ1) is 11.3. The third-order valence-corrected chi connectivity index (χ3v) is 3.93. The zero-order valence-corrected chi connectivity index (χ0v) is 14.5. The number of aliphatic imine (C=N–C) groups is 1. The van der Waals surface area contributed by atoms with Crippen LogP contribution in [0.1, 0.15) is 31.7 Å². The third-order valence-electron chi connectivity index (χ3n) is 3.93. The van der Waals surface area contributed by atoms with Gasteiger partial charge in [-0.05, 0) is 56.2 Å². The molecule has 0 saturated heterocycles. The summed E-state index contributed by atoms with van der Waals surface area (Å²) in [7, 11) is 3.33. The van der Waals surface area contributed by atoms with E-state index in [1.165, 1.54) is 18.4 Å². The summed E-state index contributed by atoms with van der Waals surface area (Å²) in [5.41, 5.74) is 1.25. The Morgan fingerprint density at radius 2 is 1.96 bits per heavy atom. The van der Waals surface area contributed by atoms with Crippen molar-refractivity contribution in [3.8, 4) is 11.5 Å². The minimum Gasteiger partial charge on any atom is -0.493 e. The van der Waals surface area contributed by atoms with Crippen molar-refractivity contribution in [1.82, 2.24) is 10.6 Å². The molecule has 2 rings (SSSR count). The molecule has 0 atom stereocenters. The quantitative estimate of drug-likeness (QED) is 0.417. The van der Waals surface area contributed by atoms with E-state index in [0.717, 1.165) is 55.9 Å². The summed E-state index contributed by atoms with van der Waals surface area (Å²) in [5.74, 6) is 3.32. The molecular formula is C18H29N3O2. The van der Waals surface area contributed by atoms with E-state index >= 15 is 0 Å². The molecule has 0 radical (unpaired) electrons. The van der Waals surface area contributed by atoms with Crippen molar-refractivity contribution in [3.63, 3.8) is 0 Å². The fourth-order valence-electron chi connectivity index (χ4n) is 2.40. The van der Waals surface area contributed by atoms with Crippen molar-refractivity contribution >= 4 is 5.96 Å². The van der Waals surface area contributed by atoms with E-state index in [-0.39, 0.29) is 0 Å². The van der Waals surface area contributed by atoms with E-state index in [0.29, 0.717) is 0 Å². The van der Waals surface area contributed by atoms with Crippen LogP contribution >= 0.6 is 0 Å². The first kappa shape index (κ1) is 17.4. The van der Waals surface area contributed by atoms with Crippen molar-refractivity contribution in [3.05, 3.63) is 23.8 Å². The van der Waals surface area contributed by atoms with Gasteiger partial charge in [-0.25, -0.2) is 0 Å². The Balaban J connectivity index is 1.75. The van der Waals surface area contributed by atoms with Crippen LogP contribution in [0, 0.1) is 5.92 Å². The molecule has 5 heteroatoms. The van der Waals surface area contributed by atoms with Gasteiger partial charge in [0.25, 0.3) is 0 Å². The van der Waals surface area contributed by atoms with Crippen LogP contribution in [0.4, 0.5) is 0 Å². The molecule has 1 aliphatic carbocycles. The van der Waals surface area contributed by atoms with Crippen LogP contribution in [0.3, 0.4) is 0 Å². The predicted octanol–water partition coefficient (Wildman–Crippen LogP) is 2.60. The lowest BCUT2D eigenvalue weighted by atomic mass is 10.1. The minimum absolute atomic E-state index is 0.774. The molecule has 128 valence electrons. The number of nitrogens with zero attached hydrogens (tertiary/aromatic N) is 1. The largest absolute Gasteiger partial charge is 0.493 e. The Kier molecular flexibility index (Phi) is 7.04. The van der Waals surface area contributed by atoms with Crippen LogP contribution < -0.4 is 20.1 Å². The summed E-state index contributed by atoms with van der Waals surface area (Å²) in [5, 5.41) is 6.71. The average Bonchev–Trinajstić information content (AvgIpc) is 3.40. The van der Waals surface area contributed by atoms with Gasteiger partial charge in [-0.2, -0.15) is 0 Å². The first-order valence-electron chi connectivity index (χ1n) is 8.50. The number of benzene rings is 1. The molecule has 0 aliphatic heterocycles. The molecule has 1 aromatic rings. The highest BCUT2D eigenvalue weighted by Crippen LogP contribution is 2.29. The van der Waals surface area contributed by atoms with Gasteiger partial charge in [-0.15, -0.1) is 0 Å². The summed E-state index contributed by atoms with van der Waals surface area (Å²) in [6.07, 6.45) is 4.71. The fraction of sp³-hybridized carbons (Fsp3) is 0.611. The normalized spacial score (nSPS) is 14.5. The Bertz CT molecular complexity index is 513. The maximum atomic E-state index is 5.34. The van der Waals surface area contributed by atoms with Crippen LogP contribution in [0.25, 0.3) is 0 Å². The van der Waals surface area contributed by atoms with E-state index in [1.54, 1.807) is 14.2 Å². The highest BCUT2D eigenvalue weighted by molar-refractivity contribution is 5.79. The summed E-state index contributed by atoms with van der Waals surface area (Å²) < 4.78 is 10.6. The Hall–Kier alpha value is -1.91. The van der Waals surface area contributed by atoms with Crippen molar-refractivity contribution in [2.45, 2.75) is 32.6 Å². The second-order valence-electron chi connectivity index (χ2n) is 5.88. The molecule has 0 unspecified atom stereocenters. The van der Waals surface area contributed by atoms with Gasteiger partial charge in [0, 0.05) is 19.6 Å². The van der Waals surface area contributed by atoms with Gasteiger partial charge >= 0.3 is 0 Å². The molecule has 1 fully saturated rings. The van der Waals surface area contributed by atoms with Gasteiger partial charge in [0.05, 0.1) is 14.2 Å². The lowest BCUT2D eigenvalue weighted by Gasteiger charge is -2.12. The summed E-state index contributed by atoms with van der Waals surface area (Å²) in [6.45, 7) is 4.85. The predicted molar refractivity (Wildman–Crippen MR) is 94.6 cm³/mol. The molecule has 5 nitrogen and oxygen atoms in total. The van der Waals surface area contributed by atoms with Crippen molar-refractivity contribution in [2.24, 2.45) is 10.9 Å². The number of ether oxygens (including phenoxy) is 2. The molecule has 0 amide bonds. The minimum atomic E-state index is 0.774. The van der Waals surface area contributed by atoms with Crippen molar-refractivity contribution in [1.29, 1.82) is 0 Å². The van der Waals surface area contributed by atoms with E-state index in [1.807, 2.05) is 12.1 Å². The molecule has 23 heavy (non-hydrogen) atoms. The summed E-state index contributed by atoms with van der Waals surface area (Å²) in [6, 6.07) is 6.10. The lowest BCUT2D eigenvalue weighted by molar-refractivity contribution is 0.354. The standard InChI is InChI=1S/C18H29N3O2/c1-4-19-18(21-13-15-7-8-15)20-11-5-6-14-9-10-16(22-2)17(12-14)23-3/h9-10,12,15H,4-8,11,13H2,1-3H3,(H2,19,20,21). The number of hydrogen-bond donors (Lipinski definition) is 2. The Morgan fingerprint density at radius 1 is 1.17 bits per heavy atom. The van der Waals surface area contributed by atoms with E-state index in [9.17, 15) is 0 Å². The zero-order valence-electron chi connectivity index (χ0n) is 14.5. The van der Waals surface area contributed by atoms with Crippen molar-refractivity contribution in [2.75, 3.05) is 33.9 Å². The monoisotopic (exact) mass is 319 g/mol. The van der Waals surface area contributed by atoms with Gasteiger partial charge in [-0.1, -0.05) is 6.07 Å². The van der Waals surface area contributed by atoms with Crippen LogP contribution in [-0.2, 0) is 6.42 Å². The smallest absolute Gasteiger partial charge is 0.191 e. The van der Waals surface area contributed by atoms with Crippen LogP contribution in [0.5, 0.6) is 11.5 Å². The number of guanidine groups is 1. The SMILES string of the molecule is CCNC(=NCC1CC1)NCCCc1ccc(OC)c(OC)c1.